The fourth-order valence-electron chi connectivity index (χ4n) is 3.12. The van der Waals surface area contributed by atoms with Gasteiger partial charge in [0.1, 0.15) is 0 Å². The van der Waals surface area contributed by atoms with E-state index in [1.54, 1.807) is 0 Å². The topological polar surface area (TPSA) is 20.3 Å². The standard InChI is InChI=1S/C14H17NO.C2H6.CH4/c1-10-12-6-2-3-7-13(12)11-5-4-8-15(9-11)14(10)16;1-2;/h2-3,6-7,10-11H,4-5,8-9H2,1H3;1-2H3;1H4. The maximum atomic E-state index is 12.2. The van der Waals surface area contributed by atoms with Gasteiger partial charge in [-0.15, -0.1) is 0 Å². The lowest BCUT2D eigenvalue weighted by atomic mass is 9.87. The van der Waals surface area contributed by atoms with Crippen molar-refractivity contribution < 1.29 is 4.79 Å². The quantitative estimate of drug-likeness (QED) is 0.686. The summed E-state index contributed by atoms with van der Waals surface area (Å²) in [5.74, 6) is 0.924. The molecule has 2 aliphatic heterocycles. The maximum Gasteiger partial charge on any atom is 0.229 e. The maximum absolute atomic E-state index is 12.2. The Balaban J connectivity index is 0.000000576. The van der Waals surface area contributed by atoms with Gasteiger partial charge in [-0.25, -0.2) is 0 Å². The highest BCUT2D eigenvalue weighted by Gasteiger charge is 2.34. The molecule has 2 bridgehead atoms. The summed E-state index contributed by atoms with van der Waals surface area (Å²) in [6.45, 7) is 7.93. The molecule has 106 valence electrons. The molecule has 0 aromatic heterocycles. The highest BCUT2D eigenvalue weighted by molar-refractivity contribution is 5.84. The first kappa shape index (κ1) is 15.7. The minimum atomic E-state index is 0. The monoisotopic (exact) mass is 261 g/mol. The van der Waals surface area contributed by atoms with Gasteiger partial charge in [-0.3, -0.25) is 4.79 Å². The second-order valence-electron chi connectivity index (χ2n) is 4.97. The van der Waals surface area contributed by atoms with E-state index < -0.39 is 0 Å². The zero-order chi connectivity index (χ0) is 13.1. The van der Waals surface area contributed by atoms with Crippen molar-refractivity contribution in [2.45, 2.75) is 52.9 Å². The molecular formula is C17H27NO. The van der Waals surface area contributed by atoms with Gasteiger partial charge in [-0.05, 0) is 30.9 Å². The summed E-state index contributed by atoms with van der Waals surface area (Å²) in [5, 5.41) is 0. The summed E-state index contributed by atoms with van der Waals surface area (Å²) in [4.78, 5) is 14.3. The molecule has 2 aliphatic rings. The molecular weight excluding hydrogens is 234 g/mol. The Morgan fingerprint density at radius 1 is 1.16 bits per heavy atom. The second-order valence-corrected chi connectivity index (χ2v) is 4.97. The molecule has 1 amide bonds. The first-order valence-electron chi connectivity index (χ1n) is 7.15. The van der Waals surface area contributed by atoms with Crippen LogP contribution in [0.4, 0.5) is 0 Å². The van der Waals surface area contributed by atoms with E-state index >= 15 is 0 Å². The molecule has 0 N–H and O–H groups in total. The van der Waals surface area contributed by atoms with Gasteiger partial charge in [0, 0.05) is 19.0 Å². The Hall–Kier alpha value is -1.31. The average molecular weight is 261 g/mol. The van der Waals surface area contributed by atoms with Crippen molar-refractivity contribution in [1.82, 2.24) is 4.90 Å². The molecule has 1 fully saturated rings. The summed E-state index contributed by atoms with van der Waals surface area (Å²) >= 11 is 0. The Morgan fingerprint density at radius 3 is 2.47 bits per heavy atom. The molecule has 0 spiro atoms. The SMILES string of the molecule is C.CC.CC1C(=O)N2CCCC(C2)c2ccccc21. The van der Waals surface area contributed by atoms with Crippen molar-refractivity contribution in [3.63, 3.8) is 0 Å². The van der Waals surface area contributed by atoms with E-state index in [1.807, 2.05) is 26.8 Å². The predicted octanol–water partition coefficient (Wildman–Crippen LogP) is 4.17. The van der Waals surface area contributed by atoms with E-state index in [4.69, 9.17) is 0 Å². The molecule has 2 nitrogen and oxygen atoms in total. The van der Waals surface area contributed by atoms with Crippen molar-refractivity contribution >= 4 is 5.91 Å². The number of carbonyl (C=O) groups excluding carboxylic acids is 1. The molecule has 3 rings (SSSR count). The molecule has 0 aliphatic carbocycles. The average Bonchev–Trinajstić information content (AvgIpc) is 2.53. The number of fused-ring (bicyclic) bond motifs is 4. The molecule has 0 saturated carbocycles. The zero-order valence-electron chi connectivity index (χ0n) is 11.6. The smallest absolute Gasteiger partial charge is 0.229 e. The zero-order valence-corrected chi connectivity index (χ0v) is 11.6. The van der Waals surface area contributed by atoms with E-state index in [0.29, 0.717) is 11.8 Å². The fourth-order valence-corrected chi connectivity index (χ4v) is 3.12. The Bertz CT molecular complexity index is 427. The Morgan fingerprint density at radius 2 is 1.79 bits per heavy atom. The van der Waals surface area contributed by atoms with Crippen LogP contribution in [0.15, 0.2) is 24.3 Å². The van der Waals surface area contributed by atoms with E-state index in [-0.39, 0.29) is 13.3 Å². The minimum Gasteiger partial charge on any atom is -0.342 e. The van der Waals surface area contributed by atoms with Gasteiger partial charge < -0.3 is 4.90 Å². The molecule has 0 radical (unpaired) electrons. The van der Waals surface area contributed by atoms with Gasteiger partial charge >= 0.3 is 0 Å². The molecule has 19 heavy (non-hydrogen) atoms. The molecule has 1 aromatic rings. The van der Waals surface area contributed by atoms with Gasteiger partial charge in [0.05, 0.1) is 5.92 Å². The van der Waals surface area contributed by atoms with Crippen LogP contribution in [0.1, 0.15) is 64.0 Å². The largest absolute Gasteiger partial charge is 0.342 e. The Kier molecular flexibility index (Phi) is 5.59. The van der Waals surface area contributed by atoms with Crippen LogP contribution in [-0.2, 0) is 4.79 Å². The van der Waals surface area contributed by atoms with Crippen LogP contribution in [0.2, 0.25) is 0 Å². The molecule has 2 unspecified atom stereocenters. The fraction of sp³-hybridized carbons (Fsp3) is 0.588. The third kappa shape index (κ3) is 2.83. The van der Waals surface area contributed by atoms with Gasteiger partial charge in [0.2, 0.25) is 5.91 Å². The summed E-state index contributed by atoms with van der Waals surface area (Å²) in [7, 11) is 0. The van der Waals surface area contributed by atoms with Crippen LogP contribution in [0.5, 0.6) is 0 Å². The van der Waals surface area contributed by atoms with Gasteiger partial charge in [-0.2, -0.15) is 0 Å². The van der Waals surface area contributed by atoms with Crippen molar-refractivity contribution in [2.75, 3.05) is 13.1 Å². The first-order valence-corrected chi connectivity index (χ1v) is 7.15. The summed E-state index contributed by atoms with van der Waals surface area (Å²) < 4.78 is 0. The van der Waals surface area contributed by atoms with E-state index in [0.717, 1.165) is 19.5 Å². The highest BCUT2D eigenvalue weighted by Crippen LogP contribution is 2.37. The Labute approximate surface area is 117 Å². The van der Waals surface area contributed by atoms with Crippen LogP contribution in [-0.4, -0.2) is 23.9 Å². The number of hydrogen-bond donors (Lipinski definition) is 0. The van der Waals surface area contributed by atoms with Crippen LogP contribution < -0.4 is 0 Å². The molecule has 1 saturated heterocycles. The van der Waals surface area contributed by atoms with Gasteiger partial charge in [0.25, 0.3) is 0 Å². The minimum absolute atomic E-state index is 0. The van der Waals surface area contributed by atoms with Crippen LogP contribution >= 0.6 is 0 Å². The summed E-state index contributed by atoms with van der Waals surface area (Å²) in [5.41, 5.74) is 2.66. The molecule has 1 aromatic carbocycles. The van der Waals surface area contributed by atoms with E-state index in [1.165, 1.54) is 17.5 Å². The van der Waals surface area contributed by atoms with Crippen LogP contribution in [0, 0.1) is 0 Å². The summed E-state index contributed by atoms with van der Waals surface area (Å²) in [6, 6.07) is 8.48. The number of amides is 1. The number of benzene rings is 1. The van der Waals surface area contributed by atoms with E-state index in [2.05, 4.69) is 23.1 Å². The van der Waals surface area contributed by atoms with Crippen molar-refractivity contribution in [3.8, 4) is 0 Å². The lowest BCUT2D eigenvalue weighted by molar-refractivity contribution is -0.133. The number of rotatable bonds is 0. The normalized spacial score (nSPS) is 24.4. The number of carbonyl (C=O) groups is 1. The van der Waals surface area contributed by atoms with Crippen molar-refractivity contribution in [3.05, 3.63) is 35.4 Å². The van der Waals surface area contributed by atoms with Crippen LogP contribution in [0.3, 0.4) is 0 Å². The van der Waals surface area contributed by atoms with Crippen molar-refractivity contribution in [1.29, 1.82) is 0 Å². The lowest BCUT2D eigenvalue weighted by Crippen LogP contribution is -2.38. The molecule has 2 heteroatoms. The number of nitrogens with zero attached hydrogens (tertiary/aromatic N) is 1. The van der Waals surface area contributed by atoms with E-state index in [9.17, 15) is 4.79 Å². The predicted molar refractivity (Wildman–Crippen MR) is 81.5 cm³/mol. The van der Waals surface area contributed by atoms with Gasteiger partial charge in [-0.1, -0.05) is 45.5 Å². The lowest BCUT2D eigenvalue weighted by Gasteiger charge is -2.31. The highest BCUT2D eigenvalue weighted by atomic mass is 16.2. The third-order valence-corrected chi connectivity index (χ3v) is 4.01. The second kappa shape index (κ2) is 6.74. The van der Waals surface area contributed by atoms with Gasteiger partial charge in [0.15, 0.2) is 0 Å². The molecule has 2 atom stereocenters. The van der Waals surface area contributed by atoms with Crippen molar-refractivity contribution in [2.24, 2.45) is 0 Å². The summed E-state index contributed by atoms with van der Waals surface area (Å²) in [6.07, 6.45) is 2.38. The number of piperidine rings is 1. The van der Waals surface area contributed by atoms with Crippen LogP contribution in [0.25, 0.3) is 0 Å². The number of hydrogen-bond acceptors (Lipinski definition) is 1. The molecule has 2 heterocycles. The third-order valence-electron chi connectivity index (χ3n) is 4.01. The first-order chi connectivity index (χ1) is 8.77.